The van der Waals surface area contributed by atoms with E-state index in [0.29, 0.717) is 18.9 Å². The van der Waals surface area contributed by atoms with E-state index in [0.717, 1.165) is 0 Å². The molecule has 2 rings (SSSR count). The van der Waals surface area contributed by atoms with Crippen molar-refractivity contribution < 1.29 is 9.66 Å². The Morgan fingerprint density at radius 3 is 2.71 bits per heavy atom. The number of pyridine rings is 1. The van der Waals surface area contributed by atoms with E-state index in [1.54, 1.807) is 12.3 Å². The predicted molar refractivity (Wildman–Crippen MR) is 63.1 cm³/mol. The van der Waals surface area contributed by atoms with Crippen LogP contribution in [0.4, 0.5) is 11.5 Å². The Morgan fingerprint density at radius 1 is 1.47 bits per heavy atom. The van der Waals surface area contributed by atoms with Crippen molar-refractivity contribution in [2.45, 2.75) is 26.1 Å². The lowest BCUT2D eigenvalue weighted by molar-refractivity contribution is -0.384. The van der Waals surface area contributed by atoms with E-state index >= 15 is 0 Å². The average molecular weight is 237 g/mol. The van der Waals surface area contributed by atoms with Crippen LogP contribution in [0.5, 0.6) is 0 Å². The van der Waals surface area contributed by atoms with Gasteiger partial charge in [-0.1, -0.05) is 0 Å². The molecule has 6 heteroatoms. The van der Waals surface area contributed by atoms with Gasteiger partial charge in [0.2, 0.25) is 5.82 Å². The molecule has 0 spiro atoms. The van der Waals surface area contributed by atoms with Gasteiger partial charge in [-0.25, -0.2) is 4.98 Å². The molecular weight excluding hydrogens is 222 g/mol. The van der Waals surface area contributed by atoms with Crippen molar-refractivity contribution >= 4 is 11.5 Å². The molecule has 0 amide bonds. The molecule has 0 radical (unpaired) electrons. The maximum Gasteiger partial charge on any atom is 0.311 e. The quantitative estimate of drug-likeness (QED) is 0.577. The fourth-order valence-electron chi connectivity index (χ4n) is 2.13. The van der Waals surface area contributed by atoms with Crippen LogP contribution in [0, 0.1) is 10.1 Å². The van der Waals surface area contributed by atoms with E-state index in [2.05, 4.69) is 4.98 Å². The molecule has 0 saturated carbocycles. The van der Waals surface area contributed by atoms with Crippen LogP contribution in [-0.2, 0) is 4.74 Å². The van der Waals surface area contributed by atoms with Crippen molar-refractivity contribution in [3.63, 3.8) is 0 Å². The minimum atomic E-state index is -0.396. The van der Waals surface area contributed by atoms with Gasteiger partial charge in [0, 0.05) is 25.4 Å². The number of hydrogen-bond acceptors (Lipinski definition) is 5. The Hall–Kier alpha value is -1.69. The normalized spacial score (nSPS) is 24.7. The zero-order valence-corrected chi connectivity index (χ0v) is 9.87. The third-order valence-corrected chi connectivity index (χ3v) is 2.68. The molecule has 1 fully saturated rings. The lowest BCUT2D eigenvalue weighted by atomic mass is 10.2. The fourth-order valence-corrected chi connectivity index (χ4v) is 2.13. The second-order valence-corrected chi connectivity index (χ2v) is 4.27. The van der Waals surface area contributed by atoms with Crippen LogP contribution in [0.25, 0.3) is 0 Å². The molecule has 1 aromatic heterocycles. The molecule has 1 aliphatic heterocycles. The highest BCUT2D eigenvalue weighted by Crippen LogP contribution is 2.27. The largest absolute Gasteiger partial charge is 0.372 e. The van der Waals surface area contributed by atoms with Gasteiger partial charge in [-0.15, -0.1) is 0 Å². The van der Waals surface area contributed by atoms with Crippen LogP contribution in [0.15, 0.2) is 18.3 Å². The Kier molecular flexibility index (Phi) is 3.23. The summed E-state index contributed by atoms with van der Waals surface area (Å²) in [4.78, 5) is 16.6. The van der Waals surface area contributed by atoms with E-state index in [1.807, 2.05) is 18.7 Å². The number of morpholine rings is 1. The first kappa shape index (κ1) is 11.8. The first-order chi connectivity index (χ1) is 8.08. The molecule has 17 heavy (non-hydrogen) atoms. The van der Waals surface area contributed by atoms with Crippen molar-refractivity contribution in [2.24, 2.45) is 0 Å². The number of nitrogens with zero attached hydrogens (tertiary/aromatic N) is 3. The third kappa shape index (κ3) is 2.52. The summed E-state index contributed by atoms with van der Waals surface area (Å²) < 4.78 is 5.60. The highest BCUT2D eigenvalue weighted by atomic mass is 16.6. The minimum Gasteiger partial charge on any atom is -0.372 e. The van der Waals surface area contributed by atoms with E-state index in [4.69, 9.17) is 4.74 Å². The standard InChI is InChI=1S/C11H15N3O3/c1-8-6-13(7-9(2)17-8)11-10(14(15)16)4-3-5-12-11/h3-5,8-9H,6-7H2,1-2H3/t8-,9-/m1/s1. The Morgan fingerprint density at radius 2 is 2.12 bits per heavy atom. The summed E-state index contributed by atoms with van der Waals surface area (Å²) in [6.45, 7) is 5.17. The molecule has 92 valence electrons. The van der Waals surface area contributed by atoms with Gasteiger partial charge in [-0.2, -0.15) is 0 Å². The second-order valence-electron chi connectivity index (χ2n) is 4.27. The van der Waals surface area contributed by atoms with Gasteiger partial charge in [-0.05, 0) is 19.9 Å². The lowest BCUT2D eigenvalue weighted by Crippen LogP contribution is -2.46. The SMILES string of the molecule is C[C@@H]1CN(c2ncccc2[N+](=O)[O-])C[C@@H](C)O1. The van der Waals surface area contributed by atoms with Gasteiger partial charge in [0.25, 0.3) is 0 Å². The topological polar surface area (TPSA) is 68.5 Å². The monoisotopic (exact) mass is 237 g/mol. The molecule has 6 nitrogen and oxygen atoms in total. The van der Waals surface area contributed by atoms with Crippen LogP contribution in [-0.4, -0.2) is 35.2 Å². The summed E-state index contributed by atoms with van der Waals surface area (Å²) in [7, 11) is 0. The van der Waals surface area contributed by atoms with Crippen molar-refractivity contribution in [1.82, 2.24) is 4.98 Å². The summed E-state index contributed by atoms with van der Waals surface area (Å²) in [6, 6.07) is 3.06. The molecule has 0 unspecified atom stereocenters. The van der Waals surface area contributed by atoms with Crippen LogP contribution in [0.3, 0.4) is 0 Å². The fraction of sp³-hybridized carbons (Fsp3) is 0.545. The van der Waals surface area contributed by atoms with Crippen LogP contribution in [0.1, 0.15) is 13.8 Å². The summed E-state index contributed by atoms with van der Waals surface area (Å²) in [6.07, 6.45) is 1.69. The van der Waals surface area contributed by atoms with E-state index in [9.17, 15) is 10.1 Å². The molecule has 0 aromatic carbocycles. The van der Waals surface area contributed by atoms with E-state index in [-0.39, 0.29) is 17.9 Å². The second kappa shape index (κ2) is 4.67. The molecule has 1 saturated heterocycles. The van der Waals surface area contributed by atoms with Gasteiger partial charge >= 0.3 is 5.69 Å². The smallest absolute Gasteiger partial charge is 0.311 e. The van der Waals surface area contributed by atoms with Gasteiger partial charge in [0.15, 0.2) is 0 Å². The highest BCUT2D eigenvalue weighted by molar-refractivity contribution is 5.57. The first-order valence-corrected chi connectivity index (χ1v) is 5.57. The predicted octanol–water partition coefficient (Wildman–Crippen LogP) is 1.60. The molecular formula is C11H15N3O3. The van der Waals surface area contributed by atoms with E-state index in [1.165, 1.54) is 6.07 Å². The third-order valence-electron chi connectivity index (χ3n) is 2.68. The van der Waals surface area contributed by atoms with Gasteiger partial charge in [-0.3, -0.25) is 10.1 Å². The molecule has 1 aromatic rings. The number of hydrogen-bond donors (Lipinski definition) is 0. The molecule has 2 atom stereocenters. The lowest BCUT2D eigenvalue weighted by Gasteiger charge is -2.35. The number of ether oxygens (including phenoxy) is 1. The van der Waals surface area contributed by atoms with Gasteiger partial charge < -0.3 is 9.64 Å². The zero-order valence-electron chi connectivity index (χ0n) is 9.87. The zero-order chi connectivity index (χ0) is 12.4. The molecule has 0 aliphatic carbocycles. The summed E-state index contributed by atoms with van der Waals surface area (Å²) >= 11 is 0. The average Bonchev–Trinajstić information content (AvgIpc) is 2.27. The van der Waals surface area contributed by atoms with Crippen molar-refractivity contribution in [2.75, 3.05) is 18.0 Å². The molecule has 0 N–H and O–H groups in total. The molecule has 0 bridgehead atoms. The van der Waals surface area contributed by atoms with Crippen molar-refractivity contribution in [3.8, 4) is 0 Å². The van der Waals surface area contributed by atoms with Gasteiger partial charge in [0.1, 0.15) is 0 Å². The molecule has 2 heterocycles. The summed E-state index contributed by atoms with van der Waals surface area (Å²) in [5, 5.41) is 10.9. The Balaban J connectivity index is 2.30. The first-order valence-electron chi connectivity index (χ1n) is 5.57. The van der Waals surface area contributed by atoms with Crippen LogP contribution in [0.2, 0.25) is 0 Å². The van der Waals surface area contributed by atoms with Gasteiger partial charge in [0.05, 0.1) is 17.1 Å². The van der Waals surface area contributed by atoms with Crippen molar-refractivity contribution in [3.05, 3.63) is 28.4 Å². The minimum absolute atomic E-state index is 0.0498. The Bertz CT molecular complexity index is 414. The highest BCUT2D eigenvalue weighted by Gasteiger charge is 2.27. The van der Waals surface area contributed by atoms with E-state index < -0.39 is 4.92 Å². The number of nitro groups is 1. The number of aromatic nitrogens is 1. The molecule has 1 aliphatic rings. The Labute approximate surface area is 99.4 Å². The maximum absolute atomic E-state index is 10.9. The number of anilines is 1. The number of rotatable bonds is 2. The van der Waals surface area contributed by atoms with Crippen LogP contribution >= 0.6 is 0 Å². The summed E-state index contributed by atoms with van der Waals surface area (Å²) in [5.74, 6) is 0.430. The maximum atomic E-state index is 10.9. The van der Waals surface area contributed by atoms with Crippen LogP contribution < -0.4 is 4.90 Å². The summed E-state index contributed by atoms with van der Waals surface area (Å²) in [5.41, 5.74) is 0.0498. The van der Waals surface area contributed by atoms with Crippen molar-refractivity contribution in [1.29, 1.82) is 0 Å².